The van der Waals surface area contributed by atoms with Crippen molar-refractivity contribution in [1.82, 2.24) is 20.1 Å². The highest BCUT2D eigenvalue weighted by molar-refractivity contribution is 5.83. The summed E-state index contributed by atoms with van der Waals surface area (Å²) in [6, 6.07) is 21.8. The molecule has 52 heavy (non-hydrogen) atoms. The smallest absolute Gasteiger partial charge is 0.136 e. The van der Waals surface area contributed by atoms with Crippen molar-refractivity contribution >= 4 is 16.7 Å². The molecule has 7 heteroatoms. The number of fused-ring (bicyclic) bond motifs is 1. The number of nitrogens with zero attached hydrogens (tertiary/aromatic N) is 4. The van der Waals surface area contributed by atoms with Gasteiger partial charge in [-0.15, -0.1) is 0 Å². The quantitative estimate of drug-likeness (QED) is 0.144. The van der Waals surface area contributed by atoms with Gasteiger partial charge in [-0.3, -0.25) is 9.78 Å². The molecule has 1 saturated carbocycles. The Morgan fingerprint density at radius 3 is 2.48 bits per heavy atom. The van der Waals surface area contributed by atoms with Crippen molar-refractivity contribution in [1.29, 1.82) is 0 Å². The molecule has 4 aromatic rings. The lowest BCUT2D eigenvalue weighted by Gasteiger charge is -2.33. The third-order valence-electron chi connectivity index (χ3n) is 12.0. The highest BCUT2D eigenvalue weighted by atomic mass is 16.5. The lowest BCUT2D eigenvalue weighted by molar-refractivity contribution is -0.123. The third kappa shape index (κ3) is 9.45. The van der Waals surface area contributed by atoms with Crippen molar-refractivity contribution in [3.8, 4) is 22.8 Å². The molecule has 3 atom stereocenters. The van der Waals surface area contributed by atoms with E-state index in [1.54, 1.807) is 0 Å². The van der Waals surface area contributed by atoms with Gasteiger partial charge in [0.1, 0.15) is 17.3 Å². The fourth-order valence-electron chi connectivity index (χ4n) is 8.66. The second-order valence-corrected chi connectivity index (χ2v) is 16.2. The summed E-state index contributed by atoms with van der Waals surface area (Å²) in [5, 5.41) is 10.0. The van der Waals surface area contributed by atoms with E-state index in [1.807, 2.05) is 30.3 Å². The molecule has 0 bridgehead atoms. The van der Waals surface area contributed by atoms with Crippen molar-refractivity contribution in [2.45, 2.75) is 116 Å². The number of carbonyl (C=O) groups is 1. The van der Waals surface area contributed by atoms with Crippen LogP contribution in [0, 0.1) is 17.8 Å². The highest BCUT2D eigenvalue weighted by Crippen LogP contribution is 2.35. The van der Waals surface area contributed by atoms with Crippen molar-refractivity contribution in [3.05, 3.63) is 77.6 Å². The van der Waals surface area contributed by atoms with Crippen LogP contribution >= 0.6 is 0 Å². The van der Waals surface area contributed by atoms with Crippen molar-refractivity contribution in [2.24, 2.45) is 17.8 Å². The monoisotopic (exact) mass is 702 g/mol. The number of likely N-dealkylation sites (tertiary alicyclic amines) is 1. The van der Waals surface area contributed by atoms with Crippen LogP contribution in [0.3, 0.4) is 0 Å². The summed E-state index contributed by atoms with van der Waals surface area (Å²) in [6.07, 6.45) is 14.1. The van der Waals surface area contributed by atoms with E-state index < -0.39 is 0 Å². The second-order valence-electron chi connectivity index (χ2n) is 16.2. The summed E-state index contributed by atoms with van der Waals surface area (Å²) in [5.74, 6) is 3.76. The Morgan fingerprint density at radius 2 is 1.69 bits per heavy atom. The van der Waals surface area contributed by atoms with Gasteiger partial charge in [0.05, 0.1) is 16.9 Å². The van der Waals surface area contributed by atoms with E-state index in [0.717, 1.165) is 108 Å². The fourth-order valence-corrected chi connectivity index (χ4v) is 8.66. The first-order chi connectivity index (χ1) is 25.4. The normalized spacial score (nSPS) is 22.4. The topological polar surface area (TPSA) is 77.4 Å². The van der Waals surface area contributed by atoms with Crippen LogP contribution in [0.5, 0.6) is 11.5 Å². The number of Topliss-reactive ketones (excluding diaryl/α,β-unsaturated/α-hetero) is 1. The van der Waals surface area contributed by atoms with E-state index in [4.69, 9.17) is 14.5 Å². The average molecular weight is 703 g/mol. The maximum absolute atomic E-state index is 13.1. The van der Waals surface area contributed by atoms with E-state index in [-0.39, 0.29) is 5.92 Å². The first-order valence-corrected chi connectivity index (χ1v) is 20.3. The van der Waals surface area contributed by atoms with E-state index in [2.05, 4.69) is 66.2 Å². The number of aryl methyl sites for hydroxylation is 2. The molecule has 2 aliphatic heterocycles. The number of pyridine rings is 1. The van der Waals surface area contributed by atoms with Gasteiger partial charge < -0.3 is 14.4 Å². The number of ether oxygens (including phenoxy) is 2. The van der Waals surface area contributed by atoms with Crippen LogP contribution in [0.2, 0.25) is 0 Å². The fraction of sp³-hybridized carbons (Fsp3) is 0.556. The first kappa shape index (κ1) is 36.7. The minimum absolute atomic E-state index is 0.129. The summed E-state index contributed by atoms with van der Waals surface area (Å²) in [4.78, 5) is 21.0. The van der Waals surface area contributed by atoms with Crippen LogP contribution in [0.1, 0.15) is 114 Å². The average Bonchev–Trinajstić information content (AvgIpc) is 3.50. The third-order valence-corrected chi connectivity index (χ3v) is 12.0. The van der Waals surface area contributed by atoms with Gasteiger partial charge in [0.2, 0.25) is 0 Å². The van der Waals surface area contributed by atoms with Gasteiger partial charge in [-0.1, -0.05) is 39.7 Å². The Labute approximate surface area is 310 Å². The largest absolute Gasteiger partial charge is 0.457 e. The van der Waals surface area contributed by atoms with Gasteiger partial charge in [-0.05, 0) is 149 Å². The predicted molar refractivity (Wildman–Crippen MR) is 209 cm³/mol. The number of hydrogen-bond donors (Lipinski definition) is 0. The second kappa shape index (κ2) is 17.4. The van der Waals surface area contributed by atoms with Crippen molar-refractivity contribution < 1.29 is 14.3 Å². The minimum atomic E-state index is 0.129. The van der Waals surface area contributed by atoms with Crippen LogP contribution in [-0.2, 0) is 22.4 Å². The molecular formula is C45H58N4O3. The Balaban J connectivity index is 1.07. The number of ketones is 1. The summed E-state index contributed by atoms with van der Waals surface area (Å²) in [5.41, 5.74) is 6.11. The van der Waals surface area contributed by atoms with Gasteiger partial charge >= 0.3 is 0 Å². The molecule has 3 unspecified atom stereocenters. The molecule has 0 spiro atoms. The van der Waals surface area contributed by atoms with Crippen LogP contribution in [-0.4, -0.2) is 58.2 Å². The molecule has 2 aromatic heterocycles. The molecular weight excluding hydrogens is 645 g/mol. The summed E-state index contributed by atoms with van der Waals surface area (Å²) in [7, 11) is 0. The number of rotatable bonds is 11. The predicted octanol–water partition coefficient (Wildman–Crippen LogP) is 10.1. The van der Waals surface area contributed by atoms with Crippen molar-refractivity contribution in [2.75, 3.05) is 26.3 Å². The molecule has 1 aliphatic carbocycles. The molecule has 3 fully saturated rings. The standard InChI is InChI=1S/C45H58N4O3/c1-31(2)41-19-20-42(48-47-41)34-13-17-40(18-14-34)52-45-30-43-36(29-37(45)11-10-35-8-4-6-32(3)28-44(35)50)12-16-38(46-43)15-9-33-7-5-24-49(25-21-33)39-22-26-51-27-23-39/h12-14,16-20,29-33,35,39H,4-11,15,21-28H2,1-3H3. The van der Waals surface area contributed by atoms with Gasteiger partial charge in [-0.25, -0.2) is 0 Å². The van der Waals surface area contributed by atoms with Gasteiger partial charge in [0, 0.05) is 54.3 Å². The molecule has 3 aliphatic rings. The number of hydrogen-bond acceptors (Lipinski definition) is 7. The zero-order valence-electron chi connectivity index (χ0n) is 31.7. The number of aromatic nitrogens is 3. The lowest BCUT2D eigenvalue weighted by atomic mass is 9.90. The zero-order chi connectivity index (χ0) is 35.9. The molecule has 7 nitrogen and oxygen atoms in total. The molecule has 0 radical (unpaired) electrons. The van der Waals surface area contributed by atoms with Gasteiger partial charge in [-0.2, -0.15) is 10.2 Å². The number of carbonyl (C=O) groups excluding carboxylic acids is 1. The molecule has 2 saturated heterocycles. The first-order valence-electron chi connectivity index (χ1n) is 20.3. The Hall–Kier alpha value is -3.68. The van der Waals surface area contributed by atoms with Crippen LogP contribution in [0.4, 0.5) is 0 Å². The van der Waals surface area contributed by atoms with Gasteiger partial charge in [0.25, 0.3) is 0 Å². The molecule has 7 rings (SSSR count). The minimum Gasteiger partial charge on any atom is -0.457 e. The lowest BCUT2D eigenvalue weighted by Crippen LogP contribution is -2.40. The van der Waals surface area contributed by atoms with E-state index in [9.17, 15) is 4.79 Å². The Bertz CT molecular complexity index is 1770. The highest BCUT2D eigenvalue weighted by Gasteiger charge is 2.26. The Morgan fingerprint density at radius 1 is 0.846 bits per heavy atom. The van der Waals surface area contributed by atoms with E-state index >= 15 is 0 Å². The molecule has 0 N–H and O–H groups in total. The van der Waals surface area contributed by atoms with E-state index in [1.165, 1.54) is 51.6 Å². The molecule has 2 aromatic carbocycles. The van der Waals surface area contributed by atoms with E-state index in [0.29, 0.717) is 30.1 Å². The van der Waals surface area contributed by atoms with Crippen LogP contribution < -0.4 is 4.74 Å². The van der Waals surface area contributed by atoms with Gasteiger partial charge in [0.15, 0.2) is 0 Å². The Kier molecular flexibility index (Phi) is 12.3. The summed E-state index contributed by atoms with van der Waals surface area (Å²) in [6.45, 7) is 10.8. The van der Waals surface area contributed by atoms with Crippen molar-refractivity contribution in [3.63, 3.8) is 0 Å². The summed E-state index contributed by atoms with van der Waals surface area (Å²) < 4.78 is 12.3. The maximum atomic E-state index is 13.1. The molecule has 0 amide bonds. The number of benzene rings is 2. The maximum Gasteiger partial charge on any atom is 0.136 e. The molecule has 4 heterocycles. The molecule has 276 valence electrons. The van der Waals surface area contributed by atoms with Crippen LogP contribution in [0.15, 0.2) is 60.7 Å². The van der Waals surface area contributed by atoms with Crippen LogP contribution in [0.25, 0.3) is 22.2 Å². The SMILES string of the molecule is CC1CCCC(CCc2cc3ccc(CCC4CCCN(C5CCOCC5)CC4)nc3cc2Oc2ccc(-c3ccc(C(C)C)nn3)cc2)C(=O)C1. The summed E-state index contributed by atoms with van der Waals surface area (Å²) >= 11 is 0. The zero-order valence-corrected chi connectivity index (χ0v) is 31.7.